The monoisotopic (exact) mass is 562 g/mol. The normalized spacial score (nSPS) is 19.4. The third-order valence-corrected chi connectivity index (χ3v) is 9.99. The lowest BCUT2D eigenvalue weighted by atomic mass is 9.90. The Balaban J connectivity index is 1.35. The average molecular weight is 563 g/mol. The Morgan fingerprint density at radius 1 is 0.850 bits per heavy atom. The molecule has 1 heterocycles. The number of carbonyl (C=O) groups excluding carboxylic acids is 1. The van der Waals surface area contributed by atoms with Crippen LogP contribution in [0.3, 0.4) is 0 Å². The van der Waals surface area contributed by atoms with Gasteiger partial charge in [0.05, 0.1) is 24.7 Å². The minimum atomic E-state index is -3.95. The molecule has 7 nitrogen and oxygen atoms in total. The molecule has 2 aliphatic rings. The number of piperazine rings is 1. The second-order valence-electron chi connectivity index (χ2n) is 10.7. The topological polar surface area (TPSA) is 76.2 Å². The van der Waals surface area contributed by atoms with Crippen LogP contribution in [-0.2, 0) is 19.6 Å². The van der Waals surface area contributed by atoms with E-state index in [-0.39, 0.29) is 24.0 Å². The second kappa shape index (κ2) is 13.0. The molecule has 212 valence electrons. The maximum atomic E-state index is 13.8. The molecule has 8 heteroatoms. The third kappa shape index (κ3) is 6.40. The smallest absolute Gasteiger partial charge is 0.325 e. The SMILES string of the molecule is COC(=O)[C@@H]1CN(C(c2ccccc2)c2ccccc2)CCN1S(=O)(=O)c1ccc(OCC2CCCCC2)cc1. The van der Waals surface area contributed by atoms with Crippen LogP contribution in [0.2, 0.25) is 0 Å². The van der Waals surface area contributed by atoms with Gasteiger partial charge in [0.15, 0.2) is 0 Å². The lowest BCUT2D eigenvalue weighted by molar-refractivity contribution is -0.147. The van der Waals surface area contributed by atoms with Crippen molar-refractivity contribution in [2.75, 3.05) is 33.4 Å². The number of hydrogen-bond acceptors (Lipinski definition) is 6. The molecular weight excluding hydrogens is 524 g/mol. The summed E-state index contributed by atoms with van der Waals surface area (Å²) in [4.78, 5) is 15.3. The van der Waals surface area contributed by atoms with Crippen LogP contribution < -0.4 is 4.74 Å². The largest absolute Gasteiger partial charge is 0.493 e. The first-order chi connectivity index (χ1) is 19.5. The van der Waals surface area contributed by atoms with Gasteiger partial charge in [-0.3, -0.25) is 9.69 Å². The molecule has 3 aromatic rings. The van der Waals surface area contributed by atoms with Crippen molar-refractivity contribution in [3.8, 4) is 5.75 Å². The predicted octanol–water partition coefficient (Wildman–Crippen LogP) is 5.28. The molecule has 2 fully saturated rings. The van der Waals surface area contributed by atoms with E-state index < -0.39 is 22.0 Å². The maximum absolute atomic E-state index is 13.8. The highest BCUT2D eigenvalue weighted by Crippen LogP contribution is 2.33. The summed E-state index contributed by atoms with van der Waals surface area (Å²) in [5.74, 6) is 0.651. The van der Waals surface area contributed by atoms with Gasteiger partial charge in [-0.25, -0.2) is 8.42 Å². The Morgan fingerprint density at radius 3 is 2.02 bits per heavy atom. The number of esters is 1. The van der Waals surface area contributed by atoms with E-state index >= 15 is 0 Å². The molecule has 1 aliphatic carbocycles. The summed E-state index contributed by atoms with van der Waals surface area (Å²) in [5, 5.41) is 0. The number of sulfonamides is 1. The molecular formula is C32H38N2O5S. The van der Waals surface area contributed by atoms with Gasteiger partial charge < -0.3 is 9.47 Å². The Kier molecular flexibility index (Phi) is 9.19. The summed E-state index contributed by atoms with van der Waals surface area (Å²) < 4.78 is 40.0. The van der Waals surface area contributed by atoms with Gasteiger partial charge in [0.1, 0.15) is 11.8 Å². The minimum absolute atomic E-state index is 0.125. The molecule has 1 saturated carbocycles. The van der Waals surface area contributed by atoms with E-state index in [1.807, 2.05) is 36.4 Å². The van der Waals surface area contributed by atoms with Gasteiger partial charge in [0.2, 0.25) is 10.0 Å². The van der Waals surface area contributed by atoms with Gasteiger partial charge in [0.25, 0.3) is 0 Å². The average Bonchev–Trinajstić information content (AvgIpc) is 3.01. The van der Waals surface area contributed by atoms with E-state index in [9.17, 15) is 13.2 Å². The Morgan fingerprint density at radius 2 is 1.45 bits per heavy atom. The van der Waals surface area contributed by atoms with Crippen molar-refractivity contribution in [1.29, 1.82) is 0 Å². The summed E-state index contributed by atoms with van der Waals surface area (Å²) in [5.41, 5.74) is 2.16. The molecule has 0 radical (unpaired) electrons. The first-order valence-electron chi connectivity index (χ1n) is 14.1. The van der Waals surface area contributed by atoms with E-state index in [4.69, 9.17) is 9.47 Å². The maximum Gasteiger partial charge on any atom is 0.325 e. The van der Waals surface area contributed by atoms with Crippen LogP contribution in [0.1, 0.15) is 49.3 Å². The Labute approximate surface area is 237 Å². The molecule has 0 spiro atoms. The predicted molar refractivity (Wildman–Crippen MR) is 155 cm³/mol. The highest BCUT2D eigenvalue weighted by Gasteiger charge is 2.42. The van der Waals surface area contributed by atoms with Crippen molar-refractivity contribution < 1.29 is 22.7 Å². The molecule has 0 amide bonds. The Bertz CT molecular complexity index is 1300. The van der Waals surface area contributed by atoms with Crippen molar-refractivity contribution in [2.24, 2.45) is 5.92 Å². The molecule has 1 aliphatic heterocycles. The number of hydrogen-bond donors (Lipinski definition) is 0. The van der Waals surface area contributed by atoms with E-state index in [2.05, 4.69) is 29.2 Å². The summed E-state index contributed by atoms with van der Waals surface area (Å²) >= 11 is 0. The van der Waals surface area contributed by atoms with E-state index in [0.717, 1.165) is 11.1 Å². The van der Waals surface area contributed by atoms with Crippen molar-refractivity contribution in [3.05, 3.63) is 96.1 Å². The number of ether oxygens (including phenoxy) is 2. The van der Waals surface area contributed by atoms with Crippen molar-refractivity contribution in [2.45, 2.75) is 49.1 Å². The zero-order chi connectivity index (χ0) is 28.0. The van der Waals surface area contributed by atoms with Gasteiger partial charge in [-0.15, -0.1) is 0 Å². The fourth-order valence-corrected chi connectivity index (χ4v) is 7.49. The zero-order valence-corrected chi connectivity index (χ0v) is 23.8. The third-order valence-electron chi connectivity index (χ3n) is 8.07. The fraction of sp³-hybridized carbons (Fsp3) is 0.406. The van der Waals surface area contributed by atoms with E-state index in [0.29, 0.717) is 24.8 Å². The van der Waals surface area contributed by atoms with E-state index in [1.54, 1.807) is 24.3 Å². The van der Waals surface area contributed by atoms with Crippen LogP contribution >= 0.6 is 0 Å². The van der Waals surface area contributed by atoms with Gasteiger partial charge >= 0.3 is 5.97 Å². The minimum Gasteiger partial charge on any atom is -0.493 e. The quantitative estimate of drug-likeness (QED) is 0.330. The highest BCUT2D eigenvalue weighted by atomic mass is 32.2. The molecule has 3 aromatic carbocycles. The van der Waals surface area contributed by atoms with Crippen LogP contribution in [0.15, 0.2) is 89.8 Å². The standard InChI is InChI=1S/C32H38N2O5S/c1-38-32(35)30-23-33(31(26-13-7-3-8-14-26)27-15-9-4-10-16-27)21-22-34(30)40(36,37)29-19-17-28(18-20-29)39-24-25-11-5-2-6-12-25/h3-4,7-10,13-20,25,30-31H,2,5-6,11-12,21-24H2,1H3/t30-/m0/s1. The van der Waals surface area contributed by atoms with Gasteiger partial charge in [-0.1, -0.05) is 79.9 Å². The first kappa shape index (κ1) is 28.3. The highest BCUT2D eigenvalue weighted by molar-refractivity contribution is 7.89. The fourth-order valence-electron chi connectivity index (χ4n) is 5.93. The zero-order valence-electron chi connectivity index (χ0n) is 23.0. The molecule has 1 atom stereocenters. The second-order valence-corrected chi connectivity index (χ2v) is 12.6. The molecule has 1 saturated heterocycles. The van der Waals surface area contributed by atoms with Crippen LogP contribution in [0.5, 0.6) is 5.75 Å². The van der Waals surface area contributed by atoms with Crippen LogP contribution in [0.4, 0.5) is 0 Å². The first-order valence-corrected chi connectivity index (χ1v) is 15.6. The summed E-state index contributed by atoms with van der Waals surface area (Å²) in [7, 11) is -2.64. The number of rotatable bonds is 9. The van der Waals surface area contributed by atoms with Crippen LogP contribution in [0, 0.1) is 5.92 Å². The van der Waals surface area contributed by atoms with Gasteiger partial charge in [0, 0.05) is 19.6 Å². The number of nitrogens with zero attached hydrogens (tertiary/aromatic N) is 2. The van der Waals surface area contributed by atoms with Gasteiger partial charge in [-0.2, -0.15) is 4.31 Å². The number of methoxy groups -OCH3 is 1. The molecule has 0 N–H and O–H groups in total. The summed E-state index contributed by atoms with van der Waals surface area (Å²) in [6.07, 6.45) is 6.16. The summed E-state index contributed by atoms with van der Waals surface area (Å²) in [6, 6.07) is 25.6. The lowest BCUT2D eigenvalue weighted by Crippen LogP contribution is -2.59. The van der Waals surface area contributed by atoms with E-state index in [1.165, 1.54) is 43.5 Å². The Hall–Kier alpha value is -3.20. The van der Waals surface area contributed by atoms with Crippen LogP contribution in [-0.4, -0.2) is 63.0 Å². The van der Waals surface area contributed by atoms with Crippen molar-refractivity contribution in [3.63, 3.8) is 0 Å². The van der Waals surface area contributed by atoms with Crippen LogP contribution in [0.25, 0.3) is 0 Å². The molecule has 0 unspecified atom stereocenters. The van der Waals surface area contributed by atoms with Crippen molar-refractivity contribution in [1.82, 2.24) is 9.21 Å². The van der Waals surface area contributed by atoms with Crippen molar-refractivity contribution >= 4 is 16.0 Å². The summed E-state index contributed by atoms with van der Waals surface area (Å²) in [6.45, 7) is 1.49. The van der Waals surface area contributed by atoms with Gasteiger partial charge in [-0.05, 0) is 54.2 Å². The molecule has 5 rings (SSSR count). The number of carbonyl (C=O) groups is 1. The molecule has 0 aromatic heterocycles. The molecule has 0 bridgehead atoms. The lowest BCUT2D eigenvalue weighted by Gasteiger charge is -2.42. The number of benzene rings is 3. The molecule has 40 heavy (non-hydrogen) atoms.